The van der Waals surface area contributed by atoms with Crippen LogP contribution in [0.1, 0.15) is 48.8 Å². The summed E-state index contributed by atoms with van der Waals surface area (Å²) >= 11 is 0. The number of halogens is 3. The van der Waals surface area contributed by atoms with Gasteiger partial charge in [-0.05, 0) is 61.4 Å². The van der Waals surface area contributed by atoms with Crippen molar-refractivity contribution >= 4 is 27.8 Å². The van der Waals surface area contributed by atoms with E-state index in [9.17, 15) is 23.1 Å². The van der Waals surface area contributed by atoms with Crippen molar-refractivity contribution in [3.05, 3.63) is 59.4 Å². The van der Waals surface area contributed by atoms with Crippen LogP contribution in [0.4, 0.5) is 13.2 Å². The molecular formula is C25H22F3N3O3. The SMILES string of the molecule is O=C(O)[C@]1(F)C[C@@H](c2c(C3CCOCC3)n(-c3ccc(F)c(F)c3)c3cc4cn[nH]c4cc32)C1. The van der Waals surface area contributed by atoms with E-state index in [-0.39, 0.29) is 24.7 Å². The van der Waals surface area contributed by atoms with Crippen LogP contribution in [0.2, 0.25) is 0 Å². The number of aromatic nitrogens is 3. The van der Waals surface area contributed by atoms with Gasteiger partial charge >= 0.3 is 5.97 Å². The molecule has 0 bridgehead atoms. The van der Waals surface area contributed by atoms with E-state index < -0.39 is 23.3 Å². The number of carboxylic acid groups (broad SMARTS) is 1. The minimum atomic E-state index is -2.26. The number of hydrogen-bond donors (Lipinski definition) is 2. The molecule has 9 heteroatoms. The summed E-state index contributed by atoms with van der Waals surface area (Å²) in [7, 11) is 0. The highest BCUT2D eigenvalue weighted by atomic mass is 19.2. The number of H-pyrrole nitrogens is 1. The van der Waals surface area contributed by atoms with E-state index >= 15 is 0 Å². The summed E-state index contributed by atoms with van der Waals surface area (Å²) < 4.78 is 50.5. The molecule has 2 aromatic heterocycles. The van der Waals surface area contributed by atoms with Crippen molar-refractivity contribution < 1.29 is 27.8 Å². The zero-order chi connectivity index (χ0) is 23.6. The van der Waals surface area contributed by atoms with Crippen LogP contribution in [0.5, 0.6) is 0 Å². The number of carbonyl (C=O) groups is 1. The molecule has 1 aliphatic heterocycles. The minimum Gasteiger partial charge on any atom is -0.479 e. The van der Waals surface area contributed by atoms with E-state index in [2.05, 4.69) is 10.2 Å². The second-order valence-electron chi connectivity index (χ2n) is 9.32. The van der Waals surface area contributed by atoms with Crippen molar-refractivity contribution in [3.63, 3.8) is 0 Å². The van der Waals surface area contributed by atoms with Gasteiger partial charge in [0, 0.05) is 47.4 Å². The van der Waals surface area contributed by atoms with Gasteiger partial charge in [-0.3, -0.25) is 5.10 Å². The predicted octanol–water partition coefficient (Wildman–Crippen LogP) is 5.35. The Balaban J connectivity index is 1.65. The molecule has 0 spiro atoms. The molecule has 2 aromatic carbocycles. The lowest BCUT2D eigenvalue weighted by Crippen LogP contribution is -2.45. The number of fused-ring (bicyclic) bond motifs is 2. The van der Waals surface area contributed by atoms with Crippen molar-refractivity contribution in [2.75, 3.05) is 13.2 Å². The lowest BCUT2D eigenvalue weighted by atomic mass is 9.67. The lowest BCUT2D eigenvalue weighted by Gasteiger charge is -2.39. The molecule has 0 radical (unpaired) electrons. The average Bonchev–Trinajstić information content (AvgIpc) is 3.39. The van der Waals surface area contributed by atoms with E-state index in [1.54, 1.807) is 6.20 Å². The van der Waals surface area contributed by atoms with Crippen LogP contribution in [0.25, 0.3) is 27.5 Å². The van der Waals surface area contributed by atoms with E-state index in [0.29, 0.717) is 18.9 Å². The van der Waals surface area contributed by atoms with Gasteiger partial charge in [0.2, 0.25) is 5.67 Å². The zero-order valence-corrected chi connectivity index (χ0v) is 18.2. The Hall–Kier alpha value is -3.33. The summed E-state index contributed by atoms with van der Waals surface area (Å²) in [5.41, 5.74) is 1.52. The first-order valence-electron chi connectivity index (χ1n) is 11.3. The second-order valence-corrected chi connectivity index (χ2v) is 9.32. The highest BCUT2D eigenvalue weighted by Crippen LogP contribution is 2.53. The molecule has 6 rings (SSSR count). The maximum atomic E-state index is 14.8. The largest absolute Gasteiger partial charge is 0.479 e. The van der Waals surface area contributed by atoms with Crippen molar-refractivity contribution in [3.8, 4) is 5.69 Å². The van der Waals surface area contributed by atoms with Crippen LogP contribution in [0, 0.1) is 11.6 Å². The number of nitrogens with zero attached hydrogens (tertiary/aromatic N) is 2. The van der Waals surface area contributed by atoms with Gasteiger partial charge in [0.15, 0.2) is 11.6 Å². The van der Waals surface area contributed by atoms with Gasteiger partial charge in [0.1, 0.15) is 0 Å². The normalized spacial score (nSPS) is 23.4. The van der Waals surface area contributed by atoms with E-state index in [1.807, 2.05) is 16.7 Å². The number of aliphatic carboxylic acids is 1. The third kappa shape index (κ3) is 3.14. The molecule has 1 aliphatic carbocycles. The van der Waals surface area contributed by atoms with Crippen LogP contribution >= 0.6 is 0 Å². The van der Waals surface area contributed by atoms with Gasteiger partial charge in [-0.15, -0.1) is 0 Å². The van der Waals surface area contributed by atoms with Gasteiger partial charge < -0.3 is 14.4 Å². The Bertz CT molecular complexity index is 1430. The lowest BCUT2D eigenvalue weighted by molar-refractivity contribution is -0.158. The molecule has 1 saturated carbocycles. The smallest absolute Gasteiger partial charge is 0.341 e. The summed E-state index contributed by atoms with van der Waals surface area (Å²) in [6, 6.07) is 7.66. The number of alkyl halides is 1. The number of hydrogen-bond acceptors (Lipinski definition) is 3. The maximum absolute atomic E-state index is 14.8. The topological polar surface area (TPSA) is 80.1 Å². The van der Waals surface area contributed by atoms with Gasteiger partial charge in [-0.2, -0.15) is 5.10 Å². The number of rotatable bonds is 4. The quantitative estimate of drug-likeness (QED) is 0.422. The fourth-order valence-corrected chi connectivity index (χ4v) is 5.57. The molecule has 2 N–H and O–H groups in total. The molecular weight excluding hydrogens is 447 g/mol. The summed E-state index contributed by atoms with van der Waals surface area (Å²) in [4.78, 5) is 11.5. The molecule has 0 amide bonds. The van der Waals surface area contributed by atoms with E-state index in [4.69, 9.17) is 4.74 Å². The number of carboxylic acids is 1. The van der Waals surface area contributed by atoms with Crippen LogP contribution in [0.15, 0.2) is 36.5 Å². The zero-order valence-electron chi connectivity index (χ0n) is 18.2. The Morgan fingerprint density at radius 1 is 1.12 bits per heavy atom. The Morgan fingerprint density at radius 2 is 1.88 bits per heavy atom. The van der Waals surface area contributed by atoms with Crippen LogP contribution < -0.4 is 0 Å². The van der Waals surface area contributed by atoms with Gasteiger partial charge in [0.05, 0.1) is 17.2 Å². The number of benzene rings is 2. The Morgan fingerprint density at radius 3 is 2.59 bits per heavy atom. The number of ether oxygens (including phenoxy) is 1. The first-order chi connectivity index (χ1) is 16.4. The van der Waals surface area contributed by atoms with Crippen LogP contribution in [-0.2, 0) is 9.53 Å². The molecule has 4 aromatic rings. The highest BCUT2D eigenvalue weighted by molar-refractivity contribution is 5.99. The fourth-order valence-electron chi connectivity index (χ4n) is 5.57. The van der Waals surface area contributed by atoms with E-state index in [1.165, 1.54) is 12.1 Å². The van der Waals surface area contributed by atoms with Gasteiger partial charge in [-0.1, -0.05) is 0 Å². The molecule has 3 heterocycles. The van der Waals surface area contributed by atoms with Gasteiger partial charge in [0.25, 0.3) is 0 Å². The fraction of sp³-hybridized carbons (Fsp3) is 0.360. The monoisotopic (exact) mass is 469 g/mol. The molecule has 176 valence electrons. The van der Waals surface area contributed by atoms with Crippen molar-refractivity contribution in [2.45, 2.75) is 43.2 Å². The summed E-state index contributed by atoms with van der Waals surface area (Å²) in [6.07, 6.45) is 2.87. The predicted molar refractivity (Wildman–Crippen MR) is 119 cm³/mol. The average molecular weight is 469 g/mol. The second kappa shape index (κ2) is 7.59. The molecule has 0 unspecified atom stereocenters. The molecule has 2 aliphatic rings. The van der Waals surface area contributed by atoms with Crippen LogP contribution in [-0.4, -0.2) is 44.7 Å². The van der Waals surface area contributed by atoms with Crippen molar-refractivity contribution in [1.29, 1.82) is 0 Å². The maximum Gasteiger partial charge on any atom is 0.341 e. The molecule has 2 fully saturated rings. The van der Waals surface area contributed by atoms with Crippen LogP contribution in [0.3, 0.4) is 0 Å². The molecule has 34 heavy (non-hydrogen) atoms. The van der Waals surface area contributed by atoms with Crippen molar-refractivity contribution in [1.82, 2.24) is 14.8 Å². The third-order valence-electron chi connectivity index (χ3n) is 7.31. The highest BCUT2D eigenvalue weighted by Gasteiger charge is 2.53. The third-order valence-corrected chi connectivity index (χ3v) is 7.31. The Labute approximate surface area is 192 Å². The molecule has 0 atom stereocenters. The summed E-state index contributed by atoms with van der Waals surface area (Å²) in [5, 5.41) is 18.1. The first kappa shape index (κ1) is 21.2. The van der Waals surface area contributed by atoms with Crippen molar-refractivity contribution in [2.24, 2.45) is 0 Å². The summed E-state index contributed by atoms with van der Waals surface area (Å²) in [5.74, 6) is -3.61. The standard InChI is InChI=1S/C25H22F3N3O3/c26-18-2-1-16(8-19(18)27)31-21-7-14-12-29-30-20(14)9-17(21)22(15-10-25(28,11-15)24(32)33)23(31)13-3-5-34-6-4-13/h1-2,7-9,12-13,15H,3-6,10-11H2,(H,29,30)(H,32,33)/t15-,25+. The number of nitrogens with one attached hydrogen (secondary N) is 1. The number of aromatic amines is 1. The molecule has 6 nitrogen and oxygen atoms in total. The first-order valence-corrected chi connectivity index (χ1v) is 11.3. The Kier molecular flexibility index (Phi) is 4.74. The van der Waals surface area contributed by atoms with E-state index in [0.717, 1.165) is 52.0 Å². The molecule has 1 saturated heterocycles. The minimum absolute atomic E-state index is 0.0418. The summed E-state index contributed by atoms with van der Waals surface area (Å²) in [6.45, 7) is 1.11. The van der Waals surface area contributed by atoms with Gasteiger partial charge in [-0.25, -0.2) is 18.0 Å².